The molecule has 3 nitrogen and oxygen atoms in total. The van der Waals surface area contributed by atoms with Crippen LogP contribution in [0.5, 0.6) is 0 Å². The van der Waals surface area contributed by atoms with Crippen LogP contribution in [0, 0.1) is 16.8 Å². The third-order valence-electron chi connectivity index (χ3n) is 2.29. The van der Waals surface area contributed by atoms with Gasteiger partial charge in [-0.2, -0.15) is 9.12 Å². The number of nitrogens with zero attached hydrogens (tertiary/aromatic N) is 1. The number of benzene rings is 1. The lowest BCUT2D eigenvalue weighted by Crippen LogP contribution is -2.29. The van der Waals surface area contributed by atoms with E-state index >= 15 is 0 Å². The summed E-state index contributed by atoms with van der Waals surface area (Å²) in [5, 5.41) is 11.4. The van der Waals surface area contributed by atoms with Crippen molar-refractivity contribution in [3.05, 3.63) is 58.9 Å². The van der Waals surface area contributed by atoms with Crippen molar-refractivity contribution in [2.75, 3.05) is 0 Å². The molecule has 2 aromatic rings. The average Bonchev–Trinajstić information content (AvgIpc) is 2.30. The first-order valence-corrected chi connectivity index (χ1v) is 4.76. The summed E-state index contributed by atoms with van der Waals surface area (Å²) in [5.74, 6) is -1.63. The van der Waals surface area contributed by atoms with Gasteiger partial charge in [0.05, 0.1) is 5.56 Å². The molecule has 0 aliphatic rings. The van der Waals surface area contributed by atoms with E-state index in [4.69, 9.17) is 0 Å². The first kappa shape index (κ1) is 11.2. The largest absolute Gasteiger partial charge is 0.618 e. The van der Waals surface area contributed by atoms with E-state index in [1.807, 2.05) is 0 Å². The first-order valence-electron chi connectivity index (χ1n) is 4.76. The molecule has 0 radical (unpaired) electrons. The summed E-state index contributed by atoms with van der Waals surface area (Å²) >= 11 is 0. The Labute approximate surface area is 95.5 Å². The van der Waals surface area contributed by atoms with Crippen LogP contribution in [0.3, 0.4) is 0 Å². The summed E-state index contributed by atoms with van der Waals surface area (Å²) < 4.78 is 27.3. The standard InChI is InChI=1S/C12H7F2NO2/c13-10-2-1-5-15(17)12(10)9-4-3-8(7-16)6-11(9)14/h1-7H. The average molecular weight is 235 g/mol. The van der Waals surface area contributed by atoms with Crippen LogP contribution in [0.15, 0.2) is 36.5 Å². The lowest BCUT2D eigenvalue weighted by molar-refractivity contribution is -0.595. The molecule has 1 aromatic heterocycles. The summed E-state index contributed by atoms with van der Waals surface area (Å²) in [6, 6.07) is 5.76. The van der Waals surface area contributed by atoms with Gasteiger partial charge < -0.3 is 5.21 Å². The molecular formula is C12H7F2NO2. The smallest absolute Gasteiger partial charge is 0.262 e. The molecule has 17 heavy (non-hydrogen) atoms. The minimum atomic E-state index is -0.819. The molecule has 0 N–H and O–H groups in total. The SMILES string of the molecule is O=Cc1ccc(-c2c(F)ccc[n+]2[O-])c(F)c1. The molecule has 86 valence electrons. The van der Waals surface area contributed by atoms with E-state index in [1.165, 1.54) is 18.2 Å². The van der Waals surface area contributed by atoms with Gasteiger partial charge in [0.2, 0.25) is 0 Å². The molecule has 1 heterocycles. The van der Waals surface area contributed by atoms with Crippen LogP contribution in [0.4, 0.5) is 8.78 Å². The zero-order valence-electron chi connectivity index (χ0n) is 8.56. The highest BCUT2D eigenvalue weighted by molar-refractivity contribution is 5.76. The Morgan fingerprint density at radius 1 is 1.18 bits per heavy atom. The van der Waals surface area contributed by atoms with Crippen molar-refractivity contribution in [3.8, 4) is 11.3 Å². The highest BCUT2D eigenvalue weighted by Gasteiger charge is 2.19. The summed E-state index contributed by atoms with van der Waals surface area (Å²) in [5.41, 5.74) is -0.453. The minimum Gasteiger partial charge on any atom is -0.618 e. The van der Waals surface area contributed by atoms with Gasteiger partial charge in [0.1, 0.15) is 12.1 Å². The van der Waals surface area contributed by atoms with E-state index < -0.39 is 17.3 Å². The fourth-order valence-electron chi connectivity index (χ4n) is 1.51. The fourth-order valence-corrected chi connectivity index (χ4v) is 1.51. The van der Waals surface area contributed by atoms with E-state index in [0.29, 0.717) is 6.29 Å². The molecular weight excluding hydrogens is 228 g/mol. The molecule has 0 spiro atoms. The summed E-state index contributed by atoms with van der Waals surface area (Å²) in [7, 11) is 0. The number of carbonyl (C=O) groups excluding carboxylic acids is 1. The van der Waals surface area contributed by atoms with Crippen molar-refractivity contribution in [2.45, 2.75) is 0 Å². The molecule has 0 amide bonds. The number of rotatable bonds is 2. The summed E-state index contributed by atoms with van der Waals surface area (Å²) in [6.45, 7) is 0. The van der Waals surface area contributed by atoms with Gasteiger partial charge >= 0.3 is 0 Å². The molecule has 2 rings (SSSR count). The molecule has 0 saturated carbocycles. The second-order valence-electron chi connectivity index (χ2n) is 3.39. The molecule has 0 aliphatic carbocycles. The second kappa shape index (κ2) is 4.29. The third-order valence-corrected chi connectivity index (χ3v) is 2.29. The lowest BCUT2D eigenvalue weighted by atomic mass is 10.1. The van der Waals surface area contributed by atoms with Gasteiger partial charge in [0.25, 0.3) is 5.69 Å². The van der Waals surface area contributed by atoms with Crippen LogP contribution >= 0.6 is 0 Å². The van der Waals surface area contributed by atoms with Gasteiger partial charge in [-0.05, 0) is 18.2 Å². The monoisotopic (exact) mass is 235 g/mol. The molecule has 0 bridgehead atoms. The molecule has 0 aliphatic heterocycles. The Hall–Kier alpha value is -2.30. The number of halogens is 2. The molecule has 0 saturated heterocycles. The number of hydrogen-bond acceptors (Lipinski definition) is 2. The molecule has 1 aromatic carbocycles. The Morgan fingerprint density at radius 3 is 2.53 bits per heavy atom. The highest BCUT2D eigenvalue weighted by atomic mass is 19.1. The lowest BCUT2D eigenvalue weighted by Gasteiger charge is -2.06. The van der Waals surface area contributed by atoms with Crippen LogP contribution in [0.2, 0.25) is 0 Å². The van der Waals surface area contributed by atoms with Crippen LogP contribution < -0.4 is 4.73 Å². The molecule has 0 fully saturated rings. The predicted octanol–water partition coefficient (Wildman–Crippen LogP) is 2.08. The van der Waals surface area contributed by atoms with Gasteiger partial charge in [0, 0.05) is 11.6 Å². The van der Waals surface area contributed by atoms with Crippen molar-refractivity contribution in [1.82, 2.24) is 0 Å². The molecule has 0 unspecified atom stereocenters. The van der Waals surface area contributed by atoms with Crippen molar-refractivity contribution in [3.63, 3.8) is 0 Å². The maximum atomic E-state index is 13.6. The minimum absolute atomic E-state index is 0.125. The van der Waals surface area contributed by atoms with Crippen molar-refractivity contribution < 1.29 is 18.3 Å². The fraction of sp³-hybridized carbons (Fsp3) is 0. The number of aromatic nitrogens is 1. The normalized spacial score (nSPS) is 10.2. The zero-order chi connectivity index (χ0) is 12.4. The Kier molecular flexibility index (Phi) is 2.82. The van der Waals surface area contributed by atoms with Crippen LogP contribution in [0.1, 0.15) is 10.4 Å². The van der Waals surface area contributed by atoms with Gasteiger partial charge in [0.15, 0.2) is 12.0 Å². The van der Waals surface area contributed by atoms with Crippen LogP contribution in [-0.4, -0.2) is 6.29 Å². The predicted molar refractivity (Wildman–Crippen MR) is 56.1 cm³/mol. The summed E-state index contributed by atoms with van der Waals surface area (Å²) in [6.07, 6.45) is 1.55. The first-order chi connectivity index (χ1) is 8.13. The Morgan fingerprint density at radius 2 is 1.94 bits per heavy atom. The van der Waals surface area contributed by atoms with Crippen molar-refractivity contribution >= 4 is 6.29 Å². The Bertz CT molecular complexity index is 564. The van der Waals surface area contributed by atoms with E-state index in [2.05, 4.69) is 0 Å². The van der Waals surface area contributed by atoms with E-state index in [0.717, 1.165) is 18.3 Å². The van der Waals surface area contributed by atoms with Crippen LogP contribution in [-0.2, 0) is 0 Å². The van der Waals surface area contributed by atoms with Gasteiger partial charge in [-0.1, -0.05) is 6.07 Å². The number of pyridine rings is 1. The quantitative estimate of drug-likeness (QED) is 0.454. The molecule has 0 atom stereocenters. The molecule has 5 heteroatoms. The maximum absolute atomic E-state index is 13.6. The maximum Gasteiger partial charge on any atom is 0.262 e. The van der Waals surface area contributed by atoms with E-state index in [1.54, 1.807) is 0 Å². The van der Waals surface area contributed by atoms with Crippen LogP contribution in [0.25, 0.3) is 11.3 Å². The second-order valence-corrected chi connectivity index (χ2v) is 3.39. The Balaban J connectivity index is 2.65. The zero-order valence-corrected chi connectivity index (χ0v) is 8.56. The number of carbonyl (C=O) groups is 1. The highest BCUT2D eigenvalue weighted by Crippen LogP contribution is 2.22. The summed E-state index contributed by atoms with van der Waals surface area (Å²) in [4.78, 5) is 10.4. The van der Waals surface area contributed by atoms with Crippen molar-refractivity contribution in [2.24, 2.45) is 0 Å². The van der Waals surface area contributed by atoms with E-state index in [-0.39, 0.29) is 15.9 Å². The van der Waals surface area contributed by atoms with Gasteiger partial charge in [-0.25, -0.2) is 4.39 Å². The number of hydrogen-bond donors (Lipinski definition) is 0. The third kappa shape index (κ3) is 1.99. The number of aldehydes is 1. The van der Waals surface area contributed by atoms with Crippen molar-refractivity contribution in [1.29, 1.82) is 0 Å². The van der Waals surface area contributed by atoms with E-state index in [9.17, 15) is 18.8 Å². The van der Waals surface area contributed by atoms with Gasteiger partial charge in [-0.15, -0.1) is 0 Å². The topological polar surface area (TPSA) is 44.0 Å². The van der Waals surface area contributed by atoms with Gasteiger partial charge in [-0.3, -0.25) is 4.79 Å².